The Hall–Kier alpha value is -1.49. The van der Waals surface area contributed by atoms with Gasteiger partial charge in [-0.05, 0) is 12.1 Å². The number of allylic oxidation sites excluding steroid dienone is 1. The average molecular weight is 269 g/mol. The van der Waals surface area contributed by atoms with Crippen LogP contribution >= 0.6 is 0 Å². The fourth-order valence-corrected chi connectivity index (χ4v) is 1.59. The van der Waals surface area contributed by atoms with Crippen molar-refractivity contribution in [3.63, 3.8) is 0 Å². The minimum Gasteiger partial charge on any atom is -1.00 e. The lowest BCUT2D eigenvalue weighted by Gasteiger charge is -1.93. The van der Waals surface area contributed by atoms with Crippen LogP contribution < -0.4 is 33.1 Å². The first kappa shape index (κ1) is 11.6. The van der Waals surface area contributed by atoms with Crippen molar-refractivity contribution in [1.82, 2.24) is 4.68 Å². The zero-order valence-corrected chi connectivity index (χ0v) is 9.81. The molecule has 1 aromatic heterocycles. The van der Waals surface area contributed by atoms with Gasteiger partial charge in [0, 0.05) is 0 Å². The van der Waals surface area contributed by atoms with Gasteiger partial charge in [0.2, 0.25) is 0 Å². The zero-order chi connectivity index (χ0) is 10.1. The van der Waals surface area contributed by atoms with Crippen molar-refractivity contribution in [1.29, 1.82) is 0 Å². The highest BCUT2D eigenvalue weighted by Gasteiger charge is 2.17. The predicted molar refractivity (Wildman–Crippen MR) is 56.9 cm³/mol. The molecule has 1 heterocycles. The van der Waals surface area contributed by atoms with Crippen LogP contribution in [0, 0.1) is 0 Å². The number of para-hydroxylation sites is 2. The molecule has 4 N–H and O–H groups in total. The van der Waals surface area contributed by atoms with Crippen LogP contribution in [0.15, 0.2) is 36.9 Å². The summed E-state index contributed by atoms with van der Waals surface area (Å²) in [7, 11) is 0. The fourth-order valence-electron chi connectivity index (χ4n) is 1.59. The number of nitrogens with zero attached hydrogens (tertiary/aromatic N) is 2. The van der Waals surface area contributed by atoms with Crippen LogP contribution in [-0.2, 0) is 6.54 Å². The molecule has 4 nitrogen and oxygen atoms in total. The summed E-state index contributed by atoms with van der Waals surface area (Å²) in [6.45, 7) is 4.35. The van der Waals surface area contributed by atoms with E-state index in [1.807, 2.05) is 28.8 Å². The number of nitrogens with two attached hydrogens (primary N) is 2. The summed E-state index contributed by atoms with van der Waals surface area (Å²) in [6, 6.07) is 7.81. The highest BCUT2D eigenvalue weighted by molar-refractivity contribution is 5.73. The van der Waals surface area contributed by atoms with Crippen molar-refractivity contribution in [2.75, 3.05) is 11.6 Å². The predicted octanol–water partition coefficient (Wildman–Crippen LogP) is -2.59. The average Bonchev–Trinajstić information content (AvgIpc) is 2.45. The summed E-state index contributed by atoms with van der Waals surface area (Å²) in [4.78, 5) is 0. The van der Waals surface area contributed by atoms with Gasteiger partial charge in [0.25, 0.3) is 0 Å². The fraction of sp³-hybridized carbons (Fsp3) is 0.100. The van der Waals surface area contributed by atoms with Gasteiger partial charge in [-0.1, -0.05) is 24.8 Å². The Morgan fingerprint density at radius 2 is 2.07 bits per heavy atom. The SMILES string of the molecule is C=CC[n+]1c(N)n(N)c2ccccc21.[Br-]. The smallest absolute Gasteiger partial charge is 0.378 e. The summed E-state index contributed by atoms with van der Waals surface area (Å²) in [5.74, 6) is 6.34. The molecule has 0 aliphatic heterocycles. The molecule has 0 unspecified atom stereocenters. The molecule has 0 fully saturated rings. The molecule has 0 spiro atoms. The maximum atomic E-state index is 5.85. The normalized spacial score (nSPS) is 9.87. The van der Waals surface area contributed by atoms with Gasteiger partial charge >= 0.3 is 5.95 Å². The summed E-state index contributed by atoms with van der Waals surface area (Å²) in [6.07, 6.45) is 1.79. The Kier molecular flexibility index (Phi) is 3.36. The minimum atomic E-state index is 0. The van der Waals surface area contributed by atoms with Gasteiger partial charge in [-0.15, -0.1) is 4.68 Å². The van der Waals surface area contributed by atoms with E-state index in [1.54, 1.807) is 6.08 Å². The van der Waals surface area contributed by atoms with Crippen molar-refractivity contribution in [3.05, 3.63) is 36.9 Å². The summed E-state index contributed by atoms with van der Waals surface area (Å²) >= 11 is 0. The van der Waals surface area contributed by atoms with E-state index < -0.39 is 0 Å². The van der Waals surface area contributed by atoms with Crippen LogP contribution in [0.3, 0.4) is 0 Å². The quantitative estimate of drug-likeness (QED) is 0.357. The first-order valence-electron chi connectivity index (χ1n) is 4.40. The number of halogens is 1. The third kappa shape index (κ3) is 1.70. The molecule has 2 aromatic rings. The second kappa shape index (κ2) is 4.35. The lowest BCUT2D eigenvalue weighted by molar-refractivity contribution is -0.646. The molecule has 1 aromatic carbocycles. The Morgan fingerprint density at radius 3 is 2.73 bits per heavy atom. The second-order valence-corrected chi connectivity index (χ2v) is 3.12. The lowest BCUT2D eigenvalue weighted by atomic mass is 10.3. The molecule has 0 bridgehead atoms. The summed E-state index contributed by atoms with van der Waals surface area (Å²) in [5.41, 5.74) is 7.80. The second-order valence-electron chi connectivity index (χ2n) is 3.12. The van der Waals surface area contributed by atoms with E-state index in [0.717, 1.165) is 11.0 Å². The van der Waals surface area contributed by atoms with Crippen molar-refractivity contribution < 1.29 is 21.5 Å². The number of hydrogen-bond acceptors (Lipinski definition) is 2. The number of benzene rings is 1. The molecule has 0 saturated carbocycles. The highest BCUT2D eigenvalue weighted by Crippen LogP contribution is 2.12. The molecule has 5 heteroatoms. The van der Waals surface area contributed by atoms with Gasteiger partial charge in [0.1, 0.15) is 5.52 Å². The van der Waals surface area contributed by atoms with Gasteiger partial charge in [0.15, 0.2) is 5.52 Å². The Morgan fingerprint density at radius 1 is 1.40 bits per heavy atom. The maximum Gasteiger partial charge on any atom is 0.378 e. The van der Waals surface area contributed by atoms with Crippen LogP contribution in [0.2, 0.25) is 0 Å². The third-order valence-corrected chi connectivity index (χ3v) is 2.27. The van der Waals surface area contributed by atoms with E-state index in [9.17, 15) is 0 Å². The maximum absolute atomic E-state index is 5.85. The number of fused-ring (bicyclic) bond motifs is 1. The van der Waals surface area contributed by atoms with Crippen molar-refractivity contribution in [2.24, 2.45) is 0 Å². The zero-order valence-electron chi connectivity index (χ0n) is 8.23. The molecule has 0 saturated heterocycles. The van der Waals surface area contributed by atoms with Gasteiger partial charge in [0.05, 0.1) is 6.54 Å². The number of anilines is 1. The van der Waals surface area contributed by atoms with Crippen LogP contribution in [-0.4, -0.2) is 4.68 Å². The number of hydrogen-bond donors (Lipinski definition) is 2. The first-order valence-corrected chi connectivity index (χ1v) is 4.40. The number of rotatable bonds is 2. The number of aromatic nitrogens is 2. The Balaban J connectivity index is 0.00000112. The molecule has 0 radical (unpaired) electrons. The van der Waals surface area contributed by atoms with E-state index >= 15 is 0 Å². The van der Waals surface area contributed by atoms with Gasteiger partial charge in [-0.2, -0.15) is 0 Å². The number of imidazole rings is 1. The molecule has 2 rings (SSSR count). The van der Waals surface area contributed by atoms with Crippen molar-refractivity contribution >= 4 is 17.0 Å². The Bertz CT molecular complexity index is 489. The van der Waals surface area contributed by atoms with Crippen LogP contribution in [0.4, 0.5) is 5.95 Å². The molecule has 15 heavy (non-hydrogen) atoms. The van der Waals surface area contributed by atoms with E-state index in [4.69, 9.17) is 11.6 Å². The van der Waals surface area contributed by atoms with E-state index in [0.29, 0.717) is 12.5 Å². The Labute approximate surface area is 98.5 Å². The summed E-state index contributed by atoms with van der Waals surface area (Å²) < 4.78 is 3.40. The lowest BCUT2D eigenvalue weighted by Crippen LogP contribution is -3.00. The van der Waals surface area contributed by atoms with Crippen LogP contribution in [0.1, 0.15) is 0 Å². The van der Waals surface area contributed by atoms with Crippen LogP contribution in [0.25, 0.3) is 11.0 Å². The highest BCUT2D eigenvalue weighted by atomic mass is 79.9. The topological polar surface area (TPSA) is 60.8 Å². The van der Waals surface area contributed by atoms with Gasteiger partial charge in [-0.3, -0.25) is 11.6 Å². The third-order valence-electron chi connectivity index (χ3n) is 2.27. The molecular formula is C10H13BrN4. The van der Waals surface area contributed by atoms with Crippen molar-refractivity contribution in [2.45, 2.75) is 6.54 Å². The molecular weight excluding hydrogens is 256 g/mol. The van der Waals surface area contributed by atoms with Gasteiger partial charge < -0.3 is 17.0 Å². The minimum absolute atomic E-state index is 0. The summed E-state index contributed by atoms with van der Waals surface area (Å²) in [5, 5.41) is 0. The first-order chi connectivity index (χ1) is 6.75. The van der Waals surface area contributed by atoms with E-state index in [1.165, 1.54) is 4.68 Å². The molecule has 80 valence electrons. The molecule has 0 amide bonds. The van der Waals surface area contributed by atoms with Gasteiger partial charge in [-0.25, -0.2) is 4.57 Å². The standard InChI is InChI=1S/C10H12N4.BrH/c1-2-7-13-8-5-3-4-6-9(8)14(12)10(13)11;/h2-6,11H,1,7,12H2;1H. The molecule has 0 aliphatic rings. The van der Waals surface area contributed by atoms with E-state index in [2.05, 4.69) is 6.58 Å². The van der Waals surface area contributed by atoms with Crippen LogP contribution in [0.5, 0.6) is 0 Å². The molecule has 0 atom stereocenters. The molecule has 0 aliphatic carbocycles. The van der Waals surface area contributed by atoms with E-state index in [-0.39, 0.29) is 17.0 Å². The monoisotopic (exact) mass is 268 g/mol. The van der Waals surface area contributed by atoms with Crippen molar-refractivity contribution in [3.8, 4) is 0 Å². The number of nitrogen functional groups attached to an aromatic ring is 2. The largest absolute Gasteiger partial charge is 1.00 e.